The van der Waals surface area contributed by atoms with Crippen molar-refractivity contribution in [2.45, 2.75) is 6.04 Å². The third-order valence-electron chi connectivity index (χ3n) is 7.52. The Bertz CT molecular complexity index is 1930. The van der Waals surface area contributed by atoms with E-state index in [1.165, 1.54) is 12.1 Å². The van der Waals surface area contributed by atoms with Crippen molar-refractivity contribution in [3.05, 3.63) is 78.8 Å². The zero-order valence-corrected chi connectivity index (χ0v) is 22.0. The van der Waals surface area contributed by atoms with Gasteiger partial charge in [0.15, 0.2) is 11.5 Å². The number of hydrogen-bond donors (Lipinski definition) is 3. The summed E-state index contributed by atoms with van der Waals surface area (Å²) in [5.74, 6) is 0.228. The second-order valence-electron chi connectivity index (χ2n) is 10.2. The van der Waals surface area contributed by atoms with Gasteiger partial charge in [-0.1, -0.05) is 12.1 Å². The number of carbonyl (C=O) groups excluding carboxylic acids is 1. The van der Waals surface area contributed by atoms with E-state index in [2.05, 4.69) is 35.0 Å². The maximum Gasteiger partial charge on any atom is 0.315 e. The molecule has 0 saturated carbocycles. The number of H-pyrrole nitrogens is 2. The van der Waals surface area contributed by atoms with E-state index in [0.29, 0.717) is 52.4 Å². The Hall–Kier alpha value is -5.23. The second-order valence-corrected chi connectivity index (χ2v) is 10.2. The highest BCUT2D eigenvalue weighted by molar-refractivity contribution is 5.96. The normalized spacial score (nSPS) is 16.0. The van der Waals surface area contributed by atoms with E-state index in [1.54, 1.807) is 42.0 Å². The molecule has 12 heteroatoms. The zero-order valence-electron chi connectivity index (χ0n) is 22.0. The first-order chi connectivity index (χ1) is 19.9. The van der Waals surface area contributed by atoms with Crippen molar-refractivity contribution in [2.24, 2.45) is 5.73 Å². The second kappa shape index (κ2) is 9.75. The number of hydrogen-bond acceptors (Lipinski definition) is 7. The van der Waals surface area contributed by atoms with Crippen LogP contribution in [0.25, 0.3) is 55.8 Å². The Morgan fingerprint density at radius 2 is 1.88 bits per heavy atom. The molecule has 1 atom stereocenters. The molecule has 1 aliphatic rings. The van der Waals surface area contributed by atoms with Gasteiger partial charge < -0.3 is 20.5 Å². The van der Waals surface area contributed by atoms with E-state index in [9.17, 15) is 9.18 Å². The van der Waals surface area contributed by atoms with Crippen LogP contribution in [0.2, 0.25) is 0 Å². The van der Waals surface area contributed by atoms with Gasteiger partial charge in [0.25, 0.3) is 0 Å². The summed E-state index contributed by atoms with van der Waals surface area (Å²) in [6, 6.07) is 9.72. The SMILES string of the molecule is CN1CCN(C(N)=O)C(c2cncc(-c3cnc4n[nH]c(-c5nc6c(-c7cccc(F)c7)cncc6[nH]5)c4c3)c2)C1. The number of nitrogens with one attached hydrogen (secondary N) is 2. The van der Waals surface area contributed by atoms with Gasteiger partial charge in [0.05, 0.1) is 28.7 Å². The molecule has 1 aromatic carbocycles. The maximum absolute atomic E-state index is 13.9. The molecule has 1 aliphatic heterocycles. The molecule has 7 rings (SSSR count). The molecule has 1 fully saturated rings. The number of pyridine rings is 3. The van der Waals surface area contributed by atoms with Crippen LogP contribution in [0.1, 0.15) is 11.6 Å². The van der Waals surface area contributed by atoms with Gasteiger partial charge in [-0.05, 0) is 42.4 Å². The molecule has 2 amide bonds. The average Bonchev–Trinajstić information content (AvgIpc) is 3.61. The quantitative estimate of drug-likeness (QED) is 0.300. The topological polar surface area (TPSA) is 146 Å². The lowest BCUT2D eigenvalue weighted by Crippen LogP contribution is -2.51. The Balaban J connectivity index is 1.28. The number of nitrogens with two attached hydrogens (primary N) is 1. The van der Waals surface area contributed by atoms with Crippen molar-refractivity contribution in [3.63, 3.8) is 0 Å². The summed E-state index contributed by atoms with van der Waals surface area (Å²) in [7, 11) is 2.02. The fraction of sp³-hybridized carbons (Fsp3) is 0.172. The summed E-state index contributed by atoms with van der Waals surface area (Å²) >= 11 is 0. The number of aromatic nitrogens is 7. The van der Waals surface area contributed by atoms with Gasteiger partial charge in [0, 0.05) is 61.1 Å². The molecular formula is C29H25FN10O. The average molecular weight is 549 g/mol. The van der Waals surface area contributed by atoms with Gasteiger partial charge >= 0.3 is 6.03 Å². The van der Waals surface area contributed by atoms with Gasteiger partial charge in [-0.2, -0.15) is 5.10 Å². The molecule has 1 saturated heterocycles. The number of halogens is 1. The number of urea groups is 1. The number of carbonyl (C=O) groups is 1. The minimum atomic E-state index is -0.443. The molecule has 204 valence electrons. The highest BCUT2D eigenvalue weighted by Crippen LogP contribution is 2.33. The van der Waals surface area contributed by atoms with E-state index in [4.69, 9.17) is 10.7 Å². The Morgan fingerprint density at radius 1 is 1.02 bits per heavy atom. The Morgan fingerprint density at radius 3 is 2.73 bits per heavy atom. The molecule has 0 spiro atoms. The van der Waals surface area contributed by atoms with Crippen molar-refractivity contribution < 1.29 is 9.18 Å². The summed E-state index contributed by atoms with van der Waals surface area (Å²) in [5, 5.41) is 8.21. The molecule has 6 aromatic rings. The molecule has 6 heterocycles. The van der Waals surface area contributed by atoms with Crippen molar-refractivity contribution in [2.75, 3.05) is 26.7 Å². The molecule has 1 unspecified atom stereocenters. The highest BCUT2D eigenvalue weighted by Gasteiger charge is 2.29. The predicted molar refractivity (Wildman–Crippen MR) is 152 cm³/mol. The van der Waals surface area contributed by atoms with Crippen molar-refractivity contribution in [1.29, 1.82) is 0 Å². The molecule has 5 aromatic heterocycles. The molecule has 0 aliphatic carbocycles. The van der Waals surface area contributed by atoms with E-state index in [1.807, 2.05) is 25.2 Å². The lowest BCUT2D eigenvalue weighted by molar-refractivity contribution is 0.114. The van der Waals surface area contributed by atoms with E-state index in [-0.39, 0.29) is 11.9 Å². The van der Waals surface area contributed by atoms with Crippen LogP contribution in [0.5, 0.6) is 0 Å². The van der Waals surface area contributed by atoms with Gasteiger partial charge in [0.2, 0.25) is 0 Å². The number of piperazine rings is 1. The maximum atomic E-state index is 13.9. The molecule has 11 nitrogen and oxygen atoms in total. The zero-order chi connectivity index (χ0) is 28.1. The number of amides is 2. The number of aromatic amines is 2. The number of primary amides is 1. The number of nitrogens with zero attached hydrogens (tertiary/aromatic N) is 7. The van der Waals surface area contributed by atoms with Crippen LogP contribution in [0.4, 0.5) is 9.18 Å². The number of benzene rings is 1. The molecule has 41 heavy (non-hydrogen) atoms. The van der Waals surface area contributed by atoms with E-state index >= 15 is 0 Å². The van der Waals surface area contributed by atoms with E-state index < -0.39 is 6.03 Å². The predicted octanol–water partition coefficient (Wildman–Crippen LogP) is 4.13. The number of rotatable bonds is 4. The summed E-state index contributed by atoms with van der Waals surface area (Å²) in [6.45, 7) is 1.98. The number of imidazole rings is 1. The summed E-state index contributed by atoms with van der Waals surface area (Å²) in [5.41, 5.74) is 12.2. The van der Waals surface area contributed by atoms with Crippen molar-refractivity contribution >= 4 is 28.1 Å². The first-order valence-electron chi connectivity index (χ1n) is 13.1. The standard InChI is InChI=1S/C29H25FN10O/c1-39-5-6-40(29(31)41)24(15-39)19-7-17(10-32-11-19)18-9-21-26(37-38-27(21)34-12-18)28-35-23-14-33-13-22(25(23)36-28)16-3-2-4-20(30)8-16/h2-4,7-14,24H,5-6,15H2,1H3,(H2,31,41)(H,35,36)(H,34,37,38). The Kier molecular flexibility index (Phi) is 5.89. The number of likely N-dealkylation sites (N-methyl/N-ethyl adjacent to an activating group) is 1. The third-order valence-corrected chi connectivity index (χ3v) is 7.52. The monoisotopic (exact) mass is 548 g/mol. The fourth-order valence-electron chi connectivity index (χ4n) is 5.42. The van der Waals surface area contributed by atoms with Gasteiger partial charge in [0.1, 0.15) is 11.5 Å². The molecule has 4 N–H and O–H groups in total. The summed E-state index contributed by atoms with van der Waals surface area (Å²) in [4.78, 5) is 37.5. The smallest absolute Gasteiger partial charge is 0.315 e. The lowest BCUT2D eigenvalue weighted by atomic mass is 10.0. The van der Waals surface area contributed by atoms with Gasteiger partial charge in [-0.15, -0.1) is 0 Å². The molecule has 0 bridgehead atoms. The molecular weight excluding hydrogens is 523 g/mol. The van der Waals surface area contributed by atoms with Crippen molar-refractivity contribution in [1.82, 2.24) is 44.9 Å². The minimum absolute atomic E-state index is 0.198. The van der Waals surface area contributed by atoms with Crippen LogP contribution in [-0.2, 0) is 0 Å². The van der Waals surface area contributed by atoms with Crippen LogP contribution in [0, 0.1) is 5.82 Å². The third kappa shape index (κ3) is 4.43. The molecule has 0 radical (unpaired) electrons. The Labute approximate surface area is 233 Å². The summed E-state index contributed by atoms with van der Waals surface area (Å²) in [6.07, 6.45) is 8.65. The first-order valence-corrected chi connectivity index (χ1v) is 13.1. The van der Waals surface area contributed by atoms with Crippen molar-refractivity contribution in [3.8, 4) is 33.8 Å². The van der Waals surface area contributed by atoms with Crippen LogP contribution < -0.4 is 5.73 Å². The first kappa shape index (κ1) is 24.8. The minimum Gasteiger partial charge on any atom is -0.351 e. The number of fused-ring (bicyclic) bond motifs is 2. The highest BCUT2D eigenvalue weighted by atomic mass is 19.1. The van der Waals surface area contributed by atoms with Crippen LogP contribution >= 0.6 is 0 Å². The fourth-order valence-corrected chi connectivity index (χ4v) is 5.42. The van der Waals surface area contributed by atoms with Gasteiger partial charge in [-0.3, -0.25) is 15.1 Å². The van der Waals surface area contributed by atoms with Crippen LogP contribution in [-0.4, -0.2) is 77.6 Å². The van der Waals surface area contributed by atoms with E-state index in [0.717, 1.165) is 28.6 Å². The summed E-state index contributed by atoms with van der Waals surface area (Å²) < 4.78 is 13.9. The largest absolute Gasteiger partial charge is 0.351 e. The van der Waals surface area contributed by atoms with Crippen LogP contribution in [0.3, 0.4) is 0 Å². The van der Waals surface area contributed by atoms with Gasteiger partial charge in [-0.25, -0.2) is 19.2 Å². The van der Waals surface area contributed by atoms with Crippen LogP contribution in [0.15, 0.2) is 67.4 Å². The lowest BCUT2D eigenvalue weighted by Gasteiger charge is -2.39.